The molecule has 1 aromatic carbocycles. The van der Waals surface area contributed by atoms with Crippen LogP contribution in [0.4, 0.5) is 0 Å². The Balaban J connectivity index is 2.33. The number of hydrogen-bond donors (Lipinski definition) is 1. The normalized spacial score (nSPS) is 17.7. The summed E-state index contributed by atoms with van der Waals surface area (Å²) in [4.78, 5) is 12.6. The van der Waals surface area contributed by atoms with Gasteiger partial charge in [-0.2, -0.15) is 0 Å². The number of benzene rings is 1. The molecule has 2 nitrogen and oxygen atoms in total. The van der Waals surface area contributed by atoms with E-state index in [-0.39, 0.29) is 5.91 Å². The van der Waals surface area contributed by atoms with Crippen LogP contribution >= 0.6 is 11.6 Å². The Labute approximate surface area is 119 Å². The summed E-state index contributed by atoms with van der Waals surface area (Å²) in [5.74, 6) is 0.106. The van der Waals surface area contributed by atoms with Gasteiger partial charge in [0.2, 0.25) is 5.91 Å². The molecule has 0 spiro atoms. The molecule has 3 heteroatoms. The Morgan fingerprint density at radius 3 is 2.74 bits per heavy atom. The van der Waals surface area contributed by atoms with Gasteiger partial charge in [0.15, 0.2) is 0 Å². The van der Waals surface area contributed by atoms with Crippen LogP contribution in [0.5, 0.6) is 0 Å². The van der Waals surface area contributed by atoms with Crippen molar-refractivity contribution in [3.63, 3.8) is 0 Å². The smallest absolute Gasteiger partial charge is 0.230 e. The van der Waals surface area contributed by atoms with E-state index in [1.807, 2.05) is 24.3 Å². The van der Waals surface area contributed by atoms with Crippen LogP contribution in [0.3, 0.4) is 0 Å². The molecule has 1 aromatic rings. The molecule has 0 saturated heterocycles. The maximum atomic E-state index is 12.6. The minimum Gasteiger partial charge on any atom is -0.352 e. The SMILES string of the molecule is C=CCNC(=O)C1(c2cccc(Cl)c2)CCCCC1. The molecule has 1 aliphatic rings. The van der Waals surface area contributed by atoms with Crippen molar-refractivity contribution < 1.29 is 4.79 Å². The lowest BCUT2D eigenvalue weighted by Gasteiger charge is -2.36. The molecule has 1 fully saturated rings. The summed E-state index contributed by atoms with van der Waals surface area (Å²) in [7, 11) is 0. The summed E-state index contributed by atoms with van der Waals surface area (Å²) < 4.78 is 0. The van der Waals surface area contributed by atoms with Crippen molar-refractivity contribution in [3.8, 4) is 0 Å². The van der Waals surface area contributed by atoms with E-state index in [9.17, 15) is 4.79 Å². The van der Waals surface area contributed by atoms with Crippen LogP contribution in [0.25, 0.3) is 0 Å². The van der Waals surface area contributed by atoms with E-state index in [1.54, 1.807) is 6.08 Å². The van der Waals surface area contributed by atoms with Crippen molar-refractivity contribution >= 4 is 17.5 Å². The molecule has 102 valence electrons. The van der Waals surface area contributed by atoms with Crippen LogP contribution < -0.4 is 5.32 Å². The summed E-state index contributed by atoms with van der Waals surface area (Å²) in [6.45, 7) is 4.17. The molecule has 0 aliphatic heterocycles. The minimum absolute atomic E-state index is 0.106. The first-order valence-electron chi connectivity index (χ1n) is 6.84. The number of nitrogens with one attached hydrogen (secondary N) is 1. The minimum atomic E-state index is -0.411. The number of carbonyl (C=O) groups excluding carboxylic acids is 1. The highest BCUT2D eigenvalue weighted by Gasteiger charge is 2.40. The maximum absolute atomic E-state index is 12.6. The molecular formula is C16H20ClNO. The van der Waals surface area contributed by atoms with Gasteiger partial charge in [-0.3, -0.25) is 4.79 Å². The first-order valence-corrected chi connectivity index (χ1v) is 7.22. The van der Waals surface area contributed by atoms with Gasteiger partial charge in [-0.1, -0.05) is 49.1 Å². The topological polar surface area (TPSA) is 29.1 Å². The molecule has 0 heterocycles. The first kappa shape index (κ1) is 14.1. The van der Waals surface area contributed by atoms with Gasteiger partial charge in [0.1, 0.15) is 0 Å². The van der Waals surface area contributed by atoms with E-state index in [0.717, 1.165) is 31.2 Å². The second-order valence-electron chi connectivity index (χ2n) is 5.15. The third-order valence-electron chi connectivity index (χ3n) is 3.93. The third kappa shape index (κ3) is 3.01. The molecule has 1 saturated carbocycles. The fraction of sp³-hybridized carbons (Fsp3) is 0.438. The molecule has 0 radical (unpaired) electrons. The molecule has 1 N–H and O–H groups in total. The summed E-state index contributed by atoms with van der Waals surface area (Å²) in [6, 6.07) is 7.73. The molecule has 1 aliphatic carbocycles. The lowest BCUT2D eigenvalue weighted by atomic mass is 9.68. The van der Waals surface area contributed by atoms with Gasteiger partial charge in [-0.25, -0.2) is 0 Å². The highest BCUT2D eigenvalue weighted by Crippen LogP contribution is 2.40. The van der Waals surface area contributed by atoms with E-state index in [2.05, 4.69) is 11.9 Å². The second kappa shape index (κ2) is 6.25. The van der Waals surface area contributed by atoms with Crippen molar-refractivity contribution in [2.75, 3.05) is 6.54 Å². The summed E-state index contributed by atoms with van der Waals surface area (Å²) in [5, 5.41) is 3.65. The summed E-state index contributed by atoms with van der Waals surface area (Å²) in [6.07, 6.45) is 6.90. The largest absolute Gasteiger partial charge is 0.352 e. The zero-order valence-corrected chi connectivity index (χ0v) is 11.9. The zero-order valence-electron chi connectivity index (χ0n) is 11.1. The molecular weight excluding hydrogens is 258 g/mol. The molecule has 0 unspecified atom stereocenters. The Bertz CT molecular complexity index is 464. The van der Waals surface area contributed by atoms with Crippen LogP contribution in [0.2, 0.25) is 5.02 Å². The fourth-order valence-corrected chi connectivity index (χ4v) is 3.11. The lowest BCUT2D eigenvalue weighted by Crippen LogP contribution is -2.45. The highest BCUT2D eigenvalue weighted by molar-refractivity contribution is 6.30. The van der Waals surface area contributed by atoms with Gasteiger partial charge in [0.25, 0.3) is 0 Å². The van der Waals surface area contributed by atoms with Crippen LogP contribution in [-0.4, -0.2) is 12.5 Å². The van der Waals surface area contributed by atoms with Crippen molar-refractivity contribution in [2.24, 2.45) is 0 Å². The van der Waals surface area contributed by atoms with Crippen LogP contribution in [0.1, 0.15) is 37.7 Å². The van der Waals surface area contributed by atoms with Crippen molar-refractivity contribution in [1.82, 2.24) is 5.32 Å². The van der Waals surface area contributed by atoms with Crippen LogP contribution in [-0.2, 0) is 10.2 Å². The molecule has 19 heavy (non-hydrogen) atoms. The Hall–Kier alpha value is -1.28. The van der Waals surface area contributed by atoms with Gasteiger partial charge in [0.05, 0.1) is 5.41 Å². The van der Waals surface area contributed by atoms with E-state index < -0.39 is 5.41 Å². The number of hydrogen-bond acceptors (Lipinski definition) is 1. The van der Waals surface area contributed by atoms with Gasteiger partial charge in [-0.15, -0.1) is 6.58 Å². The third-order valence-corrected chi connectivity index (χ3v) is 4.16. The monoisotopic (exact) mass is 277 g/mol. The predicted octanol–water partition coefficient (Wildman–Crippen LogP) is 3.84. The number of halogens is 1. The van der Waals surface area contributed by atoms with Crippen molar-refractivity contribution in [2.45, 2.75) is 37.5 Å². The van der Waals surface area contributed by atoms with Gasteiger partial charge in [-0.05, 0) is 30.5 Å². The Kier molecular flexibility index (Phi) is 4.65. The zero-order chi connectivity index (χ0) is 13.7. The number of carbonyl (C=O) groups is 1. The number of amides is 1. The van der Waals surface area contributed by atoms with Crippen molar-refractivity contribution in [3.05, 3.63) is 47.5 Å². The van der Waals surface area contributed by atoms with E-state index in [4.69, 9.17) is 11.6 Å². The molecule has 0 bridgehead atoms. The molecule has 2 rings (SSSR count). The van der Waals surface area contributed by atoms with Gasteiger partial charge >= 0.3 is 0 Å². The second-order valence-corrected chi connectivity index (χ2v) is 5.59. The van der Waals surface area contributed by atoms with E-state index >= 15 is 0 Å². The standard InChI is InChI=1S/C16H20ClNO/c1-2-11-18-15(19)16(9-4-3-5-10-16)13-7-6-8-14(17)12-13/h2,6-8,12H,1,3-5,9-11H2,(H,18,19). The molecule has 0 aromatic heterocycles. The average molecular weight is 278 g/mol. The Morgan fingerprint density at radius 1 is 1.37 bits per heavy atom. The summed E-state index contributed by atoms with van der Waals surface area (Å²) in [5.41, 5.74) is 0.632. The Morgan fingerprint density at radius 2 is 2.11 bits per heavy atom. The van der Waals surface area contributed by atoms with Crippen LogP contribution in [0, 0.1) is 0 Å². The van der Waals surface area contributed by atoms with Gasteiger partial charge < -0.3 is 5.32 Å². The van der Waals surface area contributed by atoms with E-state index in [0.29, 0.717) is 11.6 Å². The highest BCUT2D eigenvalue weighted by atomic mass is 35.5. The molecule has 0 atom stereocenters. The number of rotatable bonds is 4. The van der Waals surface area contributed by atoms with Gasteiger partial charge in [0, 0.05) is 11.6 Å². The van der Waals surface area contributed by atoms with Crippen LogP contribution in [0.15, 0.2) is 36.9 Å². The van der Waals surface area contributed by atoms with E-state index in [1.165, 1.54) is 6.42 Å². The first-order chi connectivity index (χ1) is 9.19. The lowest BCUT2D eigenvalue weighted by molar-refractivity contribution is -0.127. The predicted molar refractivity (Wildman–Crippen MR) is 79.4 cm³/mol. The summed E-state index contributed by atoms with van der Waals surface area (Å²) >= 11 is 6.09. The average Bonchev–Trinajstić information content (AvgIpc) is 2.45. The quantitative estimate of drug-likeness (QED) is 0.833. The maximum Gasteiger partial charge on any atom is 0.230 e. The fourth-order valence-electron chi connectivity index (χ4n) is 2.92. The molecule has 1 amide bonds. The van der Waals surface area contributed by atoms with Crippen molar-refractivity contribution in [1.29, 1.82) is 0 Å².